The Kier molecular flexibility index (Phi) is 4.22. The van der Waals surface area contributed by atoms with Crippen molar-refractivity contribution in [2.45, 2.75) is 17.9 Å². The molecule has 1 heterocycles. The lowest BCUT2D eigenvalue weighted by Crippen LogP contribution is -2.52. The van der Waals surface area contributed by atoms with Crippen LogP contribution in [0.15, 0.2) is 23.1 Å². The Labute approximate surface area is 122 Å². The van der Waals surface area contributed by atoms with Crippen molar-refractivity contribution < 1.29 is 13.3 Å². The maximum atomic E-state index is 12.7. The molecule has 0 bridgehead atoms. The van der Waals surface area contributed by atoms with Crippen LogP contribution in [0.5, 0.6) is 0 Å². The second kappa shape index (κ2) is 5.77. The van der Waals surface area contributed by atoms with Gasteiger partial charge in [0.1, 0.15) is 6.04 Å². The van der Waals surface area contributed by atoms with Gasteiger partial charge in [-0.3, -0.25) is 10.1 Å². The summed E-state index contributed by atoms with van der Waals surface area (Å²) >= 11 is 0. The standard InChI is InChI=1S/C12H14N4O4S/c1-9-11(16(17)18)3-2-4-12(9)21(19,20)15-6-5-14-8-10(15)7-13/h2-4,10,14H,5-6,8H2,1H3. The highest BCUT2D eigenvalue weighted by molar-refractivity contribution is 7.89. The molecular weight excluding hydrogens is 296 g/mol. The molecule has 1 unspecified atom stereocenters. The molecule has 1 atom stereocenters. The van der Waals surface area contributed by atoms with Crippen molar-refractivity contribution in [2.24, 2.45) is 0 Å². The molecule has 2 rings (SSSR count). The monoisotopic (exact) mass is 310 g/mol. The largest absolute Gasteiger partial charge is 0.313 e. The molecular formula is C12H14N4O4S. The number of benzene rings is 1. The van der Waals surface area contributed by atoms with E-state index in [0.29, 0.717) is 6.54 Å². The molecule has 9 heteroatoms. The quantitative estimate of drug-likeness (QED) is 0.637. The van der Waals surface area contributed by atoms with Gasteiger partial charge in [-0.25, -0.2) is 8.42 Å². The molecule has 0 radical (unpaired) electrons. The minimum Gasteiger partial charge on any atom is -0.313 e. The van der Waals surface area contributed by atoms with Gasteiger partial charge in [0.05, 0.1) is 15.9 Å². The first kappa shape index (κ1) is 15.4. The molecule has 8 nitrogen and oxygen atoms in total. The van der Waals surface area contributed by atoms with E-state index >= 15 is 0 Å². The molecule has 112 valence electrons. The maximum Gasteiger partial charge on any atom is 0.273 e. The number of piperazine rings is 1. The minimum absolute atomic E-state index is 0.0812. The number of nitrogens with one attached hydrogen (secondary N) is 1. The first-order chi connectivity index (χ1) is 9.89. The molecule has 1 aliphatic rings. The number of nitriles is 1. The summed E-state index contributed by atoms with van der Waals surface area (Å²) in [5.74, 6) is 0. The molecule has 0 aromatic heterocycles. The van der Waals surface area contributed by atoms with Crippen molar-refractivity contribution in [1.82, 2.24) is 9.62 Å². The van der Waals surface area contributed by atoms with E-state index in [0.717, 1.165) is 4.31 Å². The Morgan fingerprint density at radius 2 is 2.24 bits per heavy atom. The summed E-state index contributed by atoms with van der Waals surface area (Å²) in [5.41, 5.74) is -0.169. The second-order valence-electron chi connectivity index (χ2n) is 4.62. The molecule has 0 aliphatic carbocycles. The van der Waals surface area contributed by atoms with Crippen molar-refractivity contribution in [3.05, 3.63) is 33.9 Å². The second-order valence-corrected chi connectivity index (χ2v) is 6.48. The third kappa shape index (κ3) is 2.73. The lowest BCUT2D eigenvalue weighted by molar-refractivity contribution is -0.385. The number of hydrogen-bond acceptors (Lipinski definition) is 6. The van der Waals surface area contributed by atoms with Gasteiger partial charge in [0.2, 0.25) is 10.0 Å². The molecule has 1 aromatic rings. The van der Waals surface area contributed by atoms with Crippen LogP contribution in [-0.4, -0.2) is 43.3 Å². The van der Waals surface area contributed by atoms with Crippen LogP contribution in [-0.2, 0) is 10.0 Å². The first-order valence-corrected chi connectivity index (χ1v) is 7.69. The Morgan fingerprint density at radius 1 is 1.52 bits per heavy atom. The number of nitro benzene ring substituents is 1. The van der Waals surface area contributed by atoms with Crippen molar-refractivity contribution in [3.8, 4) is 6.07 Å². The molecule has 0 amide bonds. The third-order valence-electron chi connectivity index (χ3n) is 3.38. The maximum absolute atomic E-state index is 12.7. The number of rotatable bonds is 3. The Hall–Kier alpha value is -2.02. The Morgan fingerprint density at radius 3 is 2.86 bits per heavy atom. The van der Waals surface area contributed by atoms with Crippen LogP contribution in [0.2, 0.25) is 0 Å². The van der Waals surface area contributed by atoms with E-state index in [-0.39, 0.29) is 29.2 Å². The summed E-state index contributed by atoms with van der Waals surface area (Å²) in [5, 5.41) is 23.0. The van der Waals surface area contributed by atoms with Gasteiger partial charge in [-0.15, -0.1) is 0 Å². The van der Waals surface area contributed by atoms with E-state index in [1.807, 2.05) is 6.07 Å². The van der Waals surface area contributed by atoms with E-state index in [1.54, 1.807) is 0 Å². The van der Waals surface area contributed by atoms with Gasteiger partial charge >= 0.3 is 0 Å². The van der Waals surface area contributed by atoms with Crippen LogP contribution < -0.4 is 5.32 Å². The normalized spacial score (nSPS) is 19.9. The summed E-state index contributed by atoms with van der Waals surface area (Å²) in [6.07, 6.45) is 0. The van der Waals surface area contributed by atoms with Crippen LogP contribution >= 0.6 is 0 Å². The van der Waals surface area contributed by atoms with Crippen LogP contribution in [0, 0.1) is 28.4 Å². The fourth-order valence-corrected chi connectivity index (χ4v) is 4.07. The minimum atomic E-state index is -3.94. The van der Waals surface area contributed by atoms with Crippen molar-refractivity contribution >= 4 is 15.7 Å². The third-order valence-corrected chi connectivity index (χ3v) is 5.43. The first-order valence-electron chi connectivity index (χ1n) is 6.25. The Bertz CT molecular complexity index is 710. The summed E-state index contributed by atoms with van der Waals surface area (Å²) in [4.78, 5) is 10.2. The number of nitrogens with zero attached hydrogens (tertiary/aromatic N) is 3. The van der Waals surface area contributed by atoms with Gasteiger partial charge in [0.25, 0.3) is 5.69 Å². The zero-order valence-electron chi connectivity index (χ0n) is 11.3. The summed E-state index contributed by atoms with van der Waals surface area (Å²) in [7, 11) is -3.94. The van der Waals surface area contributed by atoms with Gasteiger partial charge in [-0.05, 0) is 13.0 Å². The van der Waals surface area contributed by atoms with Gasteiger partial charge in [-0.1, -0.05) is 6.07 Å². The predicted molar refractivity (Wildman–Crippen MR) is 74.0 cm³/mol. The zero-order chi connectivity index (χ0) is 15.6. The fourth-order valence-electron chi connectivity index (χ4n) is 2.29. The molecule has 0 spiro atoms. The smallest absolute Gasteiger partial charge is 0.273 e. The van der Waals surface area contributed by atoms with Gasteiger partial charge in [0.15, 0.2) is 0 Å². The van der Waals surface area contributed by atoms with Crippen LogP contribution in [0.4, 0.5) is 5.69 Å². The SMILES string of the molecule is Cc1c([N+](=O)[O-])cccc1S(=O)(=O)N1CCNCC1C#N. The molecule has 1 aliphatic heterocycles. The van der Waals surface area contributed by atoms with E-state index < -0.39 is 21.0 Å². The van der Waals surface area contributed by atoms with E-state index in [2.05, 4.69) is 5.32 Å². The molecule has 21 heavy (non-hydrogen) atoms. The number of sulfonamides is 1. The summed E-state index contributed by atoms with van der Waals surface area (Å²) < 4.78 is 26.4. The lowest BCUT2D eigenvalue weighted by atomic mass is 10.2. The average Bonchev–Trinajstić information content (AvgIpc) is 2.46. The van der Waals surface area contributed by atoms with Gasteiger partial charge in [-0.2, -0.15) is 9.57 Å². The van der Waals surface area contributed by atoms with Crippen LogP contribution in [0.1, 0.15) is 5.56 Å². The van der Waals surface area contributed by atoms with E-state index in [9.17, 15) is 18.5 Å². The molecule has 1 fully saturated rings. The molecule has 0 saturated carbocycles. The zero-order valence-corrected chi connectivity index (χ0v) is 12.1. The molecule has 1 aromatic carbocycles. The van der Waals surface area contributed by atoms with Crippen molar-refractivity contribution in [3.63, 3.8) is 0 Å². The van der Waals surface area contributed by atoms with Crippen LogP contribution in [0.3, 0.4) is 0 Å². The Balaban J connectivity index is 2.52. The van der Waals surface area contributed by atoms with E-state index in [4.69, 9.17) is 5.26 Å². The number of hydrogen-bond donors (Lipinski definition) is 1. The molecule has 1 N–H and O–H groups in total. The van der Waals surface area contributed by atoms with Crippen LogP contribution in [0.25, 0.3) is 0 Å². The highest BCUT2D eigenvalue weighted by atomic mass is 32.2. The van der Waals surface area contributed by atoms with E-state index in [1.165, 1.54) is 25.1 Å². The summed E-state index contributed by atoms with van der Waals surface area (Å²) in [6.45, 7) is 2.23. The van der Waals surface area contributed by atoms with Crippen molar-refractivity contribution in [2.75, 3.05) is 19.6 Å². The highest BCUT2D eigenvalue weighted by Crippen LogP contribution is 2.28. The van der Waals surface area contributed by atoms with Gasteiger partial charge < -0.3 is 5.32 Å². The fraction of sp³-hybridized carbons (Fsp3) is 0.417. The average molecular weight is 310 g/mol. The lowest BCUT2D eigenvalue weighted by Gasteiger charge is -2.31. The predicted octanol–water partition coefficient (Wildman–Crippen LogP) is 0.389. The summed E-state index contributed by atoms with van der Waals surface area (Å²) in [6, 6.07) is 5.04. The van der Waals surface area contributed by atoms with Crippen molar-refractivity contribution in [1.29, 1.82) is 5.26 Å². The van der Waals surface area contributed by atoms with Gasteiger partial charge in [0, 0.05) is 31.3 Å². The topological polar surface area (TPSA) is 116 Å². The highest BCUT2D eigenvalue weighted by Gasteiger charge is 2.35. The number of nitro groups is 1. The molecule has 1 saturated heterocycles.